The highest BCUT2D eigenvalue weighted by molar-refractivity contribution is 5.84. The summed E-state index contributed by atoms with van der Waals surface area (Å²) < 4.78 is 10.8. The topological polar surface area (TPSA) is 67.5 Å². The van der Waals surface area contributed by atoms with E-state index in [1.807, 2.05) is 53.4 Å². The first kappa shape index (κ1) is 17.1. The molecular formula is C21H21N3O3. The molecule has 2 heterocycles. The van der Waals surface area contributed by atoms with E-state index in [4.69, 9.17) is 9.47 Å². The van der Waals surface area contributed by atoms with Crippen LogP contribution in [-0.2, 0) is 24.3 Å². The molecule has 6 heteroatoms. The van der Waals surface area contributed by atoms with Crippen molar-refractivity contribution in [2.24, 2.45) is 0 Å². The molecule has 1 N–H and O–H groups in total. The number of carbonyl (C=O) groups is 1. The zero-order valence-corrected chi connectivity index (χ0v) is 15.4. The molecule has 0 unspecified atom stereocenters. The van der Waals surface area contributed by atoms with Crippen LogP contribution in [0.25, 0.3) is 11.3 Å². The first-order chi connectivity index (χ1) is 13.2. The molecule has 2 aromatic carbocycles. The second kappa shape index (κ2) is 7.15. The van der Waals surface area contributed by atoms with Gasteiger partial charge in [0.2, 0.25) is 5.91 Å². The summed E-state index contributed by atoms with van der Waals surface area (Å²) in [5.74, 6) is 1.51. The average molecular weight is 363 g/mol. The summed E-state index contributed by atoms with van der Waals surface area (Å²) in [5, 5.41) is 7.60. The molecule has 1 aliphatic rings. The summed E-state index contributed by atoms with van der Waals surface area (Å²) in [5.41, 5.74) is 4.57. The predicted molar refractivity (Wildman–Crippen MR) is 102 cm³/mol. The number of hydrogen-bond acceptors (Lipinski definition) is 4. The minimum atomic E-state index is 0.0934. The Hall–Kier alpha value is -3.28. The van der Waals surface area contributed by atoms with Gasteiger partial charge in [-0.25, -0.2) is 0 Å². The van der Waals surface area contributed by atoms with Crippen LogP contribution in [0.5, 0.6) is 11.5 Å². The Balaban J connectivity index is 1.66. The van der Waals surface area contributed by atoms with Crippen molar-refractivity contribution in [2.75, 3.05) is 14.2 Å². The van der Waals surface area contributed by atoms with E-state index in [0.717, 1.165) is 33.8 Å². The minimum Gasteiger partial charge on any atom is -0.497 e. The molecular weight excluding hydrogens is 342 g/mol. The normalized spacial score (nSPS) is 13.4. The maximum atomic E-state index is 12.7. The van der Waals surface area contributed by atoms with E-state index in [9.17, 15) is 4.79 Å². The number of aromatic nitrogens is 2. The van der Waals surface area contributed by atoms with E-state index >= 15 is 0 Å². The molecule has 138 valence electrons. The first-order valence-electron chi connectivity index (χ1n) is 8.80. The SMILES string of the molecule is COc1ccc(OC)c(-c2n[nH]c3c2CC(=O)N(Cc2ccccc2)C3)c1. The van der Waals surface area contributed by atoms with Gasteiger partial charge in [0.15, 0.2) is 0 Å². The molecule has 0 fully saturated rings. The standard InChI is InChI=1S/C21H21N3O3/c1-26-15-8-9-19(27-2)17(10-15)21-16-11-20(25)24(13-18(16)22-23-21)12-14-6-4-3-5-7-14/h3-10H,11-13H2,1-2H3,(H,22,23). The van der Waals surface area contributed by atoms with Crippen molar-refractivity contribution < 1.29 is 14.3 Å². The van der Waals surface area contributed by atoms with Gasteiger partial charge in [0.1, 0.15) is 11.5 Å². The van der Waals surface area contributed by atoms with Crippen LogP contribution < -0.4 is 9.47 Å². The van der Waals surface area contributed by atoms with Crippen LogP contribution in [0.15, 0.2) is 48.5 Å². The Morgan fingerprint density at radius 1 is 1.11 bits per heavy atom. The second-order valence-corrected chi connectivity index (χ2v) is 6.51. The molecule has 0 radical (unpaired) electrons. The van der Waals surface area contributed by atoms with E-state index in [1.54, 1.807) is 14.2 Å². The number of nitrogens with zero attached hydrogens (tertiary/aromatic N) is 2. The highest BCUT2D eigenvalue weighted by Crippen LogP contribution is 2.36. The molecule has 0 bridgehead atoms. The lowest BCUT2D eigenvalue weighted by Crippen LogP contribution is -2.35. The summed E-state index contributed by atoms with van der Waals surface area (Å²) in [7, 11) is 3.24. The summed E-state index contributed by atoms with van der Waals surface area (Å²) in [6.07, 6.45) is 0.314. The van der Waals surface area contributed by atoms with Gasteiger partial charge in [0, 0.05) is 17.7 Å². The van der Waals surface area contributed by atoms with Gasteiger partial charge in [-0.05, 0) is 23.8 Å². The Kier molecular flexibility index (Phi) is 4.54. The number of rotatable bonds is 5. The van der Waals surface area contributed by atoms with Gasteiger partial charge in [0.05, 0.1) is 38.6 Å². The van der Waals surface area contributed by atoms with Gasteiger partial charge in [-0.2, -0.15) is 5.10 Å². The molecule has 0 saturated heterocycles. The number of benzene rings is 2. The zero-order valence-electron chi connectivity index (χ0n) is 15.4. The molecule has 1 aliphatic heterocycles. The van der Waals surface area contributed by atoms with E-state index in [-0.39, 0.29) is 5.91 Å². The molecule has 0 spiro atoms. The summed E-state index contributed by atoms with van der Waals surface area (Å²) in [6.45, 7) is 1.11. The third-order valence-corrected chi connectivity index (χ3v) is 4.86. The Labute approximate surface area is 157 Å². The van der Waals surface area contributed by atoms with Crippen molar-refractivity contribution in [3.8, 4) is 22.8 Å². The molecule has 0 atom stereocenters. The number of nitrogens with one attached hydrogen (secondary N) is 1. The lowest BCUT2D eigenvalue weighted by molar-refractivity contribution is -0.132. The number of fused-ring (bicyclic) bond motifs is 1. The van der Waals surface area contributed by atoms with E-state index in [1.165, 1.54) is 0 Å². The summed E-state index contributed by atoms with van der Waals surface area (Å²) >= 11 is 0. The first-order valence-corrected chi connectivity index (χ1v) is 8.80. The van der Waals surface area contributed by atoms with Crippen LogP contribution in [0.3, 0.4) is 0 Å². The van der Waals surface area contributed by atoms with Gasteiger partial charge in [0.25, 0.3) is 0 Å². The number of aromatic amines is 1. The van der Waals surface area contributed by atoms with Crippen LogP contribution in [0.2, 0.25) is 0 Å². The van der Waals surface area contributed by atoms with E-state index in [2.05, 4.69) is 10.2 Å². The molecule has 27 heavy (non-hydrogen) atoms. The molecule has 1 amide bonds. The molecule has 4 rings (SSSR count). The van der Waals surface area contributed by atoms with Gasteiger partial charge >= 0.3 is 0 Å². The van der Waals surface area contributed by atoms with Gasteiger partial charge in [-0.15, -0.1) is 0 Å². The van der Waals surface area contributed by atoms with Crippen molar-refractivity contribution in [2.45, 2.75) is 19.5 Å². The average Bonchev–Trinajstić information content (AvgIpc) is 3.11. The number of methoxy groups -OCH3 is 2. The van der Waals surface area contributed by atoms with Gasteiger partial charge in [-0.3, -0.25) is 9.89 Å². The fraction of sp³-hybridized carbons (Fsp3) is 0.238. The summed E-state index contributed by atoms with van der Waals surface area (Å²) in [6, 6.07) is 15.6. The number of amides is 1. The third kappa shape index (κ3) is 3.26. The lowest BCUT2D eigenvalue weighted by Gasteiger charge is -2.27. The van der Waals surface area contributed by atoms with Crippen LogP contribution >= 0.6 is 0 Å². The fourth-order valence-electron chi connectivity index (χ4n) is 3.43. The van der Waals surface area contributed by atoms with Crippen LogP contribution in [-0.4, -0.2) is 35.2 Å². The molecule has 1 aromatic heterocycles. The molecule has 3 aromatic rings. The Bertz CT molecular complexity index is 966. The number of hydrogen-bond donors (Lipinski definition) is 1. The smallest absolute Gasteiger partial charge is 0.227 e. The molecule has 0 aliphatic carbocycles. The van der Waals surface area contributed by atoms with Gasteiger partial charge in [-0.1, -0.05) is 30.3 Å². The highest BCUT2D eigenvalue weighted by atomic mass is 16.5. The van der Waals surface area contributed by atoms with E-state index < -0.39 is 0 Å². The minimum absolute atomic E-state index is 0.0934. The lowest BCUT2D eigenvalue weighted by atomic mass is 9.98. The predicted octanol–water partition coefficient (Wildman–Crippen LogP) is 3.18. The maximum absolute atomic E-state index is 12.7. The number of H-pyrrole nitrogens is 1. The van der Waals surface area contributed by atoms with Crippen LogP contribution in [0, 0.1) is 0 Å². The maximum Gasteiger partial charge on any atom is 0.227 e. The van der Waals surface area contributed by atoms with Crippen molar-refractivity contribution >= 4 is 5.91 Å². The largest absolute Gasteiger partial charge is 0.497 e. The van der Waals surface area contributed by atoms with Crippen molar-refractivity contribution in [1.29, 1.82) is 0 Å². The highest BCUT2D eigenvalue weighted by Gasteiger charge is 2.29. The van der Waals surface area contributed by atoms with Crippen molar-refractivity contribution in [3.05, 3.63) is 65.4 Å². The van der Waals surface area contributed by atoms with Crippen LogP contribution in [0.1, 0.15) is 16.8 Å². The monoisotopic (exact) mass is 363 g/mol. The quantitative estimate of drug-likeness (QED) is 0.756. The molecule has 0 saturated carbocycles. The van der Waals surface area contributed by atoms with Crippen LogP contribution in [0.4, 0.5) is 0 Å². The second-order valence-electron chi connectivity index (χ2n) is 6.51. The number of carbonyl (C=O) groups excluding carboxylic acids is 1. The zero-order chi connectivity index (χ0) is 18.8. The molecule has 6 nitrogen and oxygen atoms in total. The van der Waals surface area contributed by atoms with Crippen molar-refractivity contribution in [1.82, 2.24) is 15.1 Å². The summed E-state index contributed by atoms with van der Waals surface area (Å²) in [4.78, 5) is 14.6. The van der Waals surface area contributed by atoms with E-state index in [0.29, 0.717) is 25.3 Å². The fourth-order valence-corrected chi connectivity index (χ4v) is 3.43. The third-order valence-electron chi connectivity index (χ3n) is 4.86. The van der Waals surface area contributed by atoms with Gasteiger partial charge < -0.3 is 14.4 Å². The van der Waals surface area contributed by atoms with Crippen molar-refractivity contribution in [3.63, 3.8) is 0 Å². The number of ether oxygens (including phenoxy) is 2. The Morgan fingerprint density at radius 3 is 2.67 bits per heavy atom. The Morgan fingerprint density at radius 2 is 1.93 bits per heavy atom.